The monoisotopic (exact) mass is 411 g/mol. The predicted molar refractivity (Wildman–Crippen MR) is 117 cm³/mol. The molecule has 1 aromatic carbocycles. The molecule has 1 N–H and O–H groups in total. The Bertz CT molecular complexity index is 848. The molecule has 2 aliphatic rings. The molecule has 3 atom stereocenters. The van der Waals surface area contributed by atoms with Gasteiger partial charge in [0.1, 0.15) is 6.10 Å². The molecule has 2 saturated heterocycles. The highest BCUT2D eigenvalue weighted by atomic mass is 16.5. The van der Waals surface area contributed by atoms with E-state index in [1.165, 1.54) is 11.1 Å². The van der Waals surface area contributed by atoms with Crippen LogP contribution >= 0.6 is 0 Å². The number of hydrogen-bond donors (Lipinski definition) is 1. The van der Waals surface area contributed by atoms with Gasteiger partial charge in [0.25, 0.3) is 0 Å². The first-order valence-corrected chi connectivity index (χ1v) is 10.9. The third-order valence-corrected chi connectivity index (χ3v) is 6.05. The molecular weight excluding hydrogens is 378 g/mol. The van der Waals surface area contributed by atoms with E-state index in [2.05, 4.69) is 51.5 Å². The summed E-state index contributed by atoms with van der Waals surface area (Å²) in [5.74, 6) is 1.36. The van der Waals surface area contributed by atoms with Crippen LogP contribution in [0.25, 0.3) is 0 Å². The molecule has 0 spiro atoms. The minimum atomic E-state index is 0.0179. The van der Waals surface area contributed by atoms with Gasteiger partial charge in [-0.2, -0.15) is 5.10 Å². The second kappa shape index (κ2) is 9.62. The topological polar surface area (TPSA) is 63.9 Å². The van der Waals surface area contributed by atoms with Crippen LogP contribution in [0.1, 0.15) is 41.7 Å². The molecule has 1 aromatic heterocycles. The van der Waals surface area contributed by atoms with E-state index in [1.807, 2.05) is 31.2 Å². The third-order valence-electron chi connectivity index (χ3n) is 6.05. The number of nitrogens with zero attached hydrogens (tertiary/aromatic N) is 4. The Morgan fingerprint density at radius 3 is 2.77 bits per heavy atom. The molecule has 0 aliphatic carbocycles. The van der Waals surface area contributed by atoms with Gasteiger partial charge in [-0.3, -0.25) is 9.67 Å². The first-order valence-electron chi connectivity index (χ1n) is 10.9. The van der Waals surface area contributed by atoms with Crippen LogP contribution in [0.5, 0.6) is 0 Å². The van der Waals surface area contributed by atoms with Crippen LogP contribution < -0.4 is 5.32 Å². The molecule has 7 nitrogen and oxygen atoms in total. The normalized spacial score (nSPS) is 25.4. The van der Waals surface area contributed by atoms with Crippen molar-refractivity contribution in [2.75, 3.05) is 39.9 Å². The predicted octanol–water partition coefficient (Wildman–Crippen LogP) is 2.85. The van der Waals surface area contributed by atoms with Crippen LogP contribution in [0, 0.1) is 12.8 Å². The van der Waals surface area contributed by atoms with Gasteiger partial charge in [-0.05, 0) is 25.3 Å². The number of morpholine rings is 1. The van der Waals surface area contributed by atoms with Gasteiger partial charge in [0, 0.05) is 51.5 Å². The number of nitrogens with one attached hydrogen (secondary N) is 1. The molecule has 4 rings (SSSR count). The van der Waals surface area contributed by atoms with Crippen LogP contribution in [-0.4, -0.2) is 60.5 Å². The molecule has 0 amide bonds. The molecule has 0 radical (unpaired) electrons. The average Bonchev–Trinajstić information content (AvgIpc) is 3.22. The van der Waals surface area contributed by atoms with Crippen molar-refractivity contribution >= 4 is 5.96 Å². The number of benzene rings is 1. The van der Waals surface area contributed by atoms with Gasteiger partial charge >= 0.3 is 0 Å². The van der Waals surface area contributed by atoms with E-state index < -0.39 is 0 Å². The Morgan fingerprint density at radius 1 is 1.20 bits per heavy atom. The van der Waals surface area contributed by atoms with Gasteiger partial charge in [-0.25, -0.2) is 0 Å². The summed E-state index contributed by atoms with van der Waals surface area (Å²) in [5.41, 5.74) is 3.66. The number of aryl methyl sites for hydroxylation is 2. The minimum Gasteiger partial charge on any atom is -0.373 e. The molecule has 7 heteroatoms. The highest BCUT2D eigenvalue weighted by molar-refractivity contribution is 5.80. The number of aromatic nitrogens is 2. The molecule has 2 fully saturated rings. The molecule has 0 bridgehead atoms. The maximum absolute atomic E-state index is 6.18. The standard InChI is InChI=1S/C23H33N5O2/c1-17-6-8-18(9-7-17)22-19(5-4-11-30-22)13-25-23(24-2)28-10-12-29-21(16-28)20-14-26-27(3)15-20/h6-9,14-15,19,21-22H,4-5,10-13,16H2,1-3H3,(H,24,25). The largest absolute Gasteiger partial charge is 0.373 e. The minimum absolute atomic E-state index is 0.0179. The van der Waals surface area contributed by atoms with E-state index in [1.54, 1.807) is 0 Å². The van der Waals surface area contributed by atoms with E-state index in [9.17, 15) is 0 Å². The summed E-state index contributed by atoms with van der Waals surface area (Å²) in [5, 5.41) is 7.90. The number of rotatable bonds is 4. The average molecular weight is 412 g/mol. The number of ether oxygens (including phenoxy) is 2. The van der Waals surface area contributed by atoms with Crippen LogP contribution in [-0.2, 0) is 16.5 Å². The van der Waals surface area contributed by atoms with Crippen molar-refractivity contribution in [1.82, 2.24) is 20.0 Å². The van der Waals surface area contributed by atoms with E-state index in [-0.39, 0.29) is 12.2 Å². The molecule has 3 unspecified atom stereocenters. The second-order valence-electron chi connectivity index (χ2n) is 8.29. The lowest BCUT2D eigenvalue weighted by Gasteiger charge is -2.37. The summed E-state index contributed by atoms with van der Waals surface area (Å²) >= 11 is 0. The molecule has 30 heavy (non-hydrogen) atoms. The summed E-state index contributed by atoms with van der Waals surface area (Å²) in [6.45, 7) is 6.08. The van der Waals surface area contributed by atoms with Crippen molar-refractivity contribution < 1.29 is 9.47 Å². The van der Waals surface area contributed by atoms with Crippen molar-refractivity contribution in [3.8, 4) is 0 Å². The summed E-state index contributed by atoms with van der Waals surface area (Å²) in [6, 6.07) is 8.74. The quantitative estimate of drug-likeness (QED) is 0.619. The van der Waals surface area contributed by atoms with Gasteiger partial charge < -0.3 is 19.7 Å². The fraction of sp³-hybridized carbons (Fsp3) is 0.565. The summed E-state index contributed by atoms with van der Waals surface area (Å²) in [4.78, 5) is 6.84. The number of hydrogen-bond acceptors (Lipinski definition) is 4. The summed E-state index contributed by atoms with van der Waals surface area (Å²) in [7, 11) is 3.78. The molecule has 2 aliphatic heterocycles. The number of guanidine groups is 1. The van der Waals surface area contributed by atoms with Crippen molar-refractivity contribution in [2.24, 2.45) is 18.0 Å². The van der Waals surface area contributed by atoms with E-state index in [4.69, 9.17) is 9.47 Å². The fourth-order valence-electron chi connectivity index (χ4n) is 4.38. The number of aliphatic imine (C=N–C) groups is 1. The van der Waals surface area contributed by atoms with E-state index in [0.717, 1.165) is 50.6 Å². The summed E-state index contributed by atoms with van der Waals surface area (Å²) in [6.07, 6.45) is 6.33. The van der Waals surface area contributed by atoms with Crippen molar-refractivity contribution in [3.05, 3.63) is 53.3 Å². The van der Waals surface area contributed by atoms with Gasteiger partial charge in [0.2, 0.25) is 0 Å². The first kappa shape index (κ1) is 20.9. The lowest BCUT2D eigenvalue weighted by molar-refractivity contribution is -0.0276. The van der Waals surface area contributed by atoms with E-state index >= 15 is 0 Å². The SMILES string of the molecule is CN=C(NCC1CCCOC1c1ccc(C)cc1)N1CCOC(c2cnn(C)c2)C1. The zero-order valence-electron chi connectivity index (χ0n) is 18.3. The van der Waals surface area contributed by atoms with Crippen LogP contribution in [0.3, 0.4) is 0 Å². The summed E-state index contributed by atoms with van der Waals surface area (Å²) < 4.78 is 14.0. The Morgan fingerprint density at radius 2 is 2.03 bits per heavy atom. The first-order chi connectivity index (χ1) is 14.6. The highest BCUT2D eigenvalue weighted by Gasteiger charge is 2.29. The molecule has 2 aromatic rings. The maximum Gasteiger partial charge on any atom is 0.193 e. The Hall–Kier alpha value is -2.38. The van der Waals surface area contributed by atoms with Gasteiger partial charge in [-0.15, -0.1) is 0 Å². The lowest BCUT2D eigenvalue weighted by atomic mass is 9.89. The maximum atomic E-state index is 6.18. The Balaban J connectivity index is 1.38. The molecule has 162 valence electrons. The lowest BCUT2D eigenvalue weighted by Crippen LogP contribution is -2.49. The van der Waals surface area contributed by atoms with E-state index in [0.29, 0.717) is 12.5 Å². The fourth-order valence-corrected chi connectivity index (χ4v) is 4.38. The smallest absolute Gasteiger partial charge is 0.193 e. The zero-order valence-corrected chi connectivity index (χ0v) is 18.3. The highest BCUT2D eigenvalue weighted by Crippen LogP contribution is 2.33. The zero-order chi connectivity index (χ0) is 20.9. The van der Waals surface area contributed by atoms with Gasteiger partial charge in [0.15, 0.2) is 5.96 Å². The van der Waals surface area contributed by atoms with Crippen molar-refractivity contribution in [2.45, 2.75) is 32.0 Å². The Kier molecular flexibility index (Phi) is 6.69. The van der Waals surface area contributed by atoms with Crippen LogP contribution in [0.4, 0.5) is 0 Å². The third kappa shape index (κ3) is 4.84. The van der Waals surface area contributed by atoms with Crippen LogP contribution in [0.15, 0.2) is 41.7 Å². The molecule has 0 saturated carbocycles. The Labute approximate surface area is 179 Å². The van der Waals surface area contributed by atoms with Gasteiger partial charge in [0.05, 0.1) is 25.5 Å². The second-order valence-corrected chi connectivity index (χ2v) is 8.29. The van der Waals surface area contributed by atoms with Gasteiger partial charge in [-0.1, -0.05) is 29.8 Å². The van der Waals surface area contributed by atoms with Crippen LogP contribution in [0.2, 0.25) is 0 Å². The molecular formula is C23H33N5O2. The molecule has 3 heterocycles. The van der Waals surface area contributed by atoms with Crippen molar-refractivity contribution in [3.63, 3.8) is 0 Å². The van der Waals surface area contributed by atoms with Crippen molar-refractivity contribution in [1.29, 1.82) is 0 Å².